The van der Waals surface area contributed by atoms with Gasteiger partial charge in [0.1, 0.15) is 5.00 Å². The summed E-state index contributed by atoms with van der Waals surface area (Å²) in [6.07, 6.45) is 0.750. The minimum absolute atomic E-state index is 0.00497. The van der Waals surface area contributed by atoms with E-state index in [4.69, 9.17) is 9.47 Å². The molecule has 1 aromatic carbocycles. The predicted molar refractivity (Wildman–Crippen MR) is 134 cm³/mol. The fourth-order valence-corrected chi connectivity index (χ4v) is 4.56. The van der Waals surface area contributed by atoms with Crippen molar-refractivity contribution in [3.63, 3.8) is 0 Å². The number of carbonyl (C=O) groups is 3. The van der Waals surface area contributed by atoms with Crippen molar-refractivity contribution < 1.29 is 23.9 Å². The van der Waals surface area contributed by atoms with Crippen molar-refractivity contribution in [1.29, 1.82) is 0 Å². The first-order valence-electron chi connectivity index (χ1n) is 11.4. The Bertz CT molecular complexity index is 986. The second-order valence-corrected chi connectivity index (χ2v) is 9.08. The molecule has 2 heterocycles. The molecule has 0 spiro atoms. The molecule has 34 heavy (non-hydrogen) atoms. The van der Waals surface area contributed by atoms with Crippen LogP contribution in [0.25, 0.3) is 0 Å². The molecule has 184 valence electrons. The van der Waals surface area contributed by atoms with E-state index < -0.39 is 5.97 Å². The lowest BCUT2D eigenvalue weighted by Crippen LogP contribution is -2.36. The number of amides is 2. The number of morpholine rings is 1. The van der Waals surface area contributed by atoms with Crippen LogP contribution in [0.2, 0.25) is 0 Å². The summed E-state index contributed by atoms with van der Waals surface area (Å²) in [5, 5.41) is 6.12. The smallest absolute Gasteiger partial charge is 0.341 e. The van der Waals surface area contributed by atoms with E-state index in [-0.39, 0.29) is 31.5 Å². The summed E-state index contributed by atoms with van der Waals surface area (Å²) in [4.78, 5) is 42.0. The zero-order valence-corrected chi connectivity index (χ0v) is 20.7. The average Bonchev–Trinajstić information content (AvgIpc) is 3.23. The topological polar surface area (TPSA) is 100 Å². The van der Waals surface area contributed by atoms with Gasteiger partial charge in [-0.3, -0.25) is 14.5 Å². The maximum absolute atomic E-state index is 12.5. The van der Waals surface area contributed by atoms with Crippen LogP contribution in [-0.2, 0) is 25.5 Å². The number of thiophene rings is 1. The summed E-state index contributed by atoms with van der Waals surface area (Å²) in [6.45, 7) is 7.17. The molecule has 0 bridgehead atoms. The van der Waals surface area contributed by atoms with Crippen molar-refractivity contribution in [2.45, 2.75) is 20.3 Å². The molecule has 1 aromatic heterocycles. The SMILES string of the molecule is CCOC(=O)c1cc(CC)sc1NC(=O)CN(C)CC(=O)Nc1ccc(N2CCOCC2)cc1. The fraction of sp³-hybridized carbons (Fsp3) is 0.458. The van der Waals surface area contributed by atoms with Gasteiger partial charge in [-0.2, -0.15) is 0 Å². The minimum atomic E-state index is -0.457. The number of anilines is 3. The van der Waals surface area contributed by atoms with E-state index in [0.717, 1.165) is 43.3 Å². The highest BCUT2D eigenvalue weighted by Gasteiger charge is 2.20. The van der Waals surface area contributed by atoms with E-state index in [2.05, 4.69) is 15.5 Å². The van der Waals surface area contributed by atoms with Crippen LogP contribution in [0.5, 0.6) is 0 Å². The summed E-state index contributed by atoms with van der Waals surface area (Å²) >= 11 is 1.36. The Balaban J connectivity index is 1.49. The number of hydrogen-bond acceptors (Lipinski definition) is 8. The van der Waals surface area contributed by atoms with Gasteiger partial charge in [0.15, 0.2) is 0 Å². The van der Waals surface area contributed by atoms with Crippen LogP contribution in [0, 0.1) is 0 Å². The van der Waals surface area contributed by atoms with Gasteiger partial charge in [0.25, 0.3) is 0 Å². The second kappa shape index (κ2) is 12.5. The zero-order valence-electron chi connectivity index (χ0n) is 19.9. The maximum atomic E-state index is 12.5. The second-order valence-electron chi connectivity index (χ2n) is 7.94. The van der Waals surface area contributed by atoms with Crippen molar-refractivity contribution in [2.75, 3.05) is 68.6 Å². The van der Waals surface area contributed by atoms with Gasteiger partial charge in [-0.15, -0.1) is 11.3 Å². The Morgan fingerprint density at radius 1 is 1.06 bits per heavy atom. The molecule has 9 nitrogen and oxygen atoms in total. The molecular weight excluding hydrogens is 456 g/mol. The Labute approximate surface area is 204 Å². The van der Waals surface area contributed by atoms with Crippen molar-refractivity contribution in [2.24, 2.45) is 0 Å². The number of nitrogens with one attached hydrogen (secondary N) is 2. The summed E-state index contributed by atoms with van der Waals surface area (Å²) in [5.41, 5.74) is 2.15. The number of nitrogens with zero attached hydrogens (tertiary/aromatic N) is 2. The lowest BCUT2D eigenvalue weighted by Gasteiger charge is -2.28. The van der Waals surface area contributed by atoms with E-state index in [1.807, 2.05) is 31.2 Å². The third kappa shape index (κ3) is 7.28. The Morgan fingerprint density at radius 2 is 1.71 bits per heavy atom. The minimum Gasteiger partial charge on any atom is -0.462 e. The third-order valence-corrected chi connectivity index (χ3v) is 6.43. The summed E-state index contributed by atoms with van der Waals surface area (Å²) in [5.74, 6) is -0.979. The summed E-state index contributed by atoms with van der Waals surface area (Å²) in [7, 11) is 1.69. The number of esters is 1. The first-order chi connectivity index (χ1) is 16.4. The van der Waals surface area contributed by atoms with Crippen LogP contribution in [0.15, 0.2) is 30.3 Å². The van der Waals surface area contributed by atoms with Gasteiger partial charge in [0, 0.05) is 29.3 Å². The van der Waals surface area contributed by atoms with Gasteiger partial charge in [0.05, 0.1) is 38.5 Å². The van der Waals surface area contributed by atoms with Crippen LogP contribution >= 0.6 is 11.3 Å². The molecule has 2 aromatic rings. The van der Waals surface area contributed by atoms with Gasteiger partial charge in [-0.05, 0) is 50.7 Å². The van der Waals surface area contributed by atoms with E-state index in [9.17, 15) is 14.4 Å². The lowest BCUT2D eigenvalue weighted by molar-refractivity contribution is -0.119. The van der Waals surface area contributed by atoms with E-state index in [1.165, 1.54) is 11.3 Å². The van der Waals surface area contributed by atoms with Crippen molar-refractivity contribution in [3.8, 4) is 0 Å². The highest BCUT2D eigenvalue weighted by molar-refractivity contribution is 7.16. The molecule has 3 rings (SSSR count). The highest BCUT2D eigenvalue weighted by Crippen LogP contribution is 2.29. The molecule has 0 atom stereocenters. The van der Waals surface area contributed by atoms with E-state index >= 15 is 0 Å². The molecule has 0 unspecified atom stereocenters. The third-order valence-electron chi connectivity index (χ3n) is 5.23. The summed E-state index contributed by atoms with van der Waals surface area (Å²) < 4.78 is 10.5. The number of aryl methyl sites for hydroxylation is 1. The Hall–Kier alpha value is -2.95. The summed E-state index contributed by atoms with van der Waals surface area (Å²) in [6, 6.07) is 9.44. The van der Waals surface area contributed by atoms with Gasteiger partial charge in [0.2, 0.25) is 11.8 Å². The first-order valence-corrected chi connectivity index (χ1v) is 12.2. The van der Waals surface area contributed by atoms with Gasteiger partial charge < -0.3 is 25.0 Å². The Kier molecular flexibility index (Phi) is 9.43. The van der Waals surface area contributed by atoms with Crippen LogP contribution in [0.4, 0.5) is 16.4 Å². The quantitative estimate of drug-likeness (QED) is 0.496. The molecule has 1 fully saturated rings. The van der Waals surface area contributed by atoms with Crippen molar-refractivity contribution in [3.05, 3.63) is 40.8 Å². The predicted octanol–water partition coefficient (Wildman–Crippen LogP) is 2.83. The molecule has 0 saturated carbocycles. The van der Waals surface area contributed by atoms with Crippen molar-refractivity contribution in [1.82, 2.24) is 4.90 Å². The van der Waals surface area contributed by atoms with Gasteiger partial charge >= 0.3 is 5.97 Å². The largest absolute Gasteiger partial charge is 0.462 e. The van der Waals surface area contributed by atoms with E-state index in [1.54, 1.807) is 24.9 Å². The number of ether oxygens (including phenoxy) is 2. The number of hydrogen-bond donors (Lipinski definition) is 2. The average molecular weight is 489 g/mol. The van der Waals surface area contributed by atoms with Gasteiger partial charge in [-0.1, -0.05) is 6.92 Å². The molecule has 1 saturated heterocycles. The first kappa shape index (κ1) is 25.7. The molecule has 0 radical (unpaired) electrons. The normalized spacial score (nSPS) is 13.6. The molecule has 10 heteroatoms. The molecule has 1 aliphatic heterocycles. The van der Waals surface area contributed by atoms with Crippen LogP contribution < -0.4 is 15.5 Å². The van der Waals surface area contributed by atoms with Crippen molar-refractivity contribution >= 4 is 45.5 Å². The highest BCUT2D eigenvalue weighted by atomic mass is 32.1. The molecule has 1 aliphatic rings. The van der Waals surface area contributed by atoms with Crippen LogP contribution in [0.3, 0.4) is 0 Å². The van der Waals surface area contributed by atoms with E-state index in [0.29, 0.717) is 16.3 Å². The van der Waals surface area contributed by atoms with Gasteiger partial charge in [-0.25, -0.2) is 4.79 Å². The Morgan fingerprint density at radius 3 is 2.32 bits per heavy atom. The number of benzene rings is 1. The standard InChI is InChI=1S/C24H32N4O5S/c1-4-19-14-20(24(31)33-5-2)23(34-19)26-22(30)16-27(3)15-21(29)25-17-6-8-18(9-7-17)28-10-12-32-13-11-28/h6-9,14H,4-5,10-13,15-16H2,1-3H3,(H,25,29)(H,26,30). The molecular formula is C24H32N4O5S. The van der Waals surface area contributed by atoms with Crippen LogP contribution in [-0.4, -0.2) is 75.7 Å². The maximum Gasteiger partial charge on any atom is 0.341 e. The molecule has 2 amide bonds. The zero-order chi connectivity index (χ0) is 24.5. The molecule has 0 aliphatic carbocycles. The molecule has 2 N–H and O–H groups in total. The number of carbonyl (C=O) groups excluding carboxylic acids is 3. The lowest BCUT2D eigenvalue weighted by atomic mass is 10.2. The van der Waals surface area contributed by atoms with Crippen LogP contribution in [0.1, 0.15) is 29.1 Å². The fourth-order valence-electron chi connectivity index (χ4n) is 3.56. The number of rotatable bonds is 10. The monoisotopic (exact) mass is 488 g/mol. The number of likely N-dealkylation sites (N-methyl/N-ethyl adjacent to an activating group) is 1.